The molecule has 1 aromatic heterocycles. The van der Waals surface area contributed by atoms with E-state index in [0.29, 0.717) is 6.54 Å². The van der Waals surface area contributed by atoms with E-state index in [2.05, 4.69) is 66.2 Å². The number of benzene rings is 2. The molecule has 0 saturated carbocycles. The van der Waals surface area contributed by atoms with Crippen LogP contribution in [0.15, 0.2) is 54.6 Å². The highest BCUT2D eigenvalue weighted by atomic mass is 16.1. The molecule has 6 heteroatoms. The molecule has 0 unspecified atom stereocenters. The fraction of sp³-hybridized carbons (Fsp3) is 0.357. The fourth-order valence-corrected chi connectivity index (χ4v) is 4.47. The van der Waals surface area contributed by atoms with Crippen LogP contribution in [0.4, 0.5) is 11.4 Å². The first-order chi connectivity index (χ1) is 16.4. The van der Waals surface area contributed by atoms with Gasteiger partial charge in [0.2, 0.25) is 5.91 Å². The first-order valence-electron chi connectivity index (χ1n) is 12.1. The lowest BCUT2D eigenvalue weighted by Gasteiger charge is -2.36. The summed E-state index contributed by atoms with van der Waals surface area (Å²) in [5, 5.41) is 7.79. The number of para-hydroxylation sites is 2. The number of hydrogen-bond donors (Lipinski definition) is 1. The summed E-state index contributed by atoms with van der Waals surface area (Å²) in [5.74, 6) is -0.135. The molecule has 0 aliphatic carbocycles. The molecule has 1 N–H and O–H groups in total. The molecule has 0 atom stereocenters. The zero-order chi connectivity index (χ0) is 24.1. The minimum Gasteiger partial charge on any atom is -0.367 e. The van der Waals surface area contributed by atoms with Crippen molar-refractivity contribution in [1.29, 1.82) is 0 Å². The Hall–Kier alpha value is -3.38. The van der Waals surface area contributed by atoms with Crippen molar-refractivity contribution in [3.05, 3.63) is 82.7 Å². The highest BCUT2D eigenvalue weighted by Crippen LogP contribution is 2.27. The van der Waals surface area contributed by atoms with E-state index in [0.717, 1.165) is 61.0 Å². The molecule has 1 saturated heterocycles. The van der Waals surface area contributed by atoms with Crippen molar-refractivity contribution in [2.75, 3.05) is 42.9 Å². The van der Waals surface area contributed by atoms with Gasteiger partial charge in [-0.05, 0) is 51.1 Å². The van der Waals surface area contributed by atoms with Gasteiger partial charge in [0, 0.05) is 43.5 Å². The summed E-state index contributed by atoms with van der Waals surface area (Å²) < 4.78 is 2.00. The average molecular weight is 458 g/mol. The van der Waals surface area contributed by atoms with Crippen LogP contribution in [0.2, 0.25) is 0 Å². The van der Waals surface area contributed by atoms with Gasteiger partial charge >= 0.3 is 0 Å². The monoisotopic (exact) mass is 457 g/mol. The number of hydrogen-bond acceptors (Lipinski definition) is 4. The van der Waals surface area contributed by atoms with Crippen molar-refractivity contribution < 1.29 is 4.79 Å². The molecule has 178 valence electrons. The number of rotatable bonds is 7. The lowest BCUT2D eigenvalue weighted by Crippen LogP contribution is -2.46. The molecule has 1 aliphatic heterocycles. The fourth-order valence-electron chi connectivity index (χ4n) is 4.47. The zero-order valence-electron chi connectivity index (χ0n) is 20.7. The largest absolute Gasteiger partial charge is 0.367 e. The third kappa shape index (κ3) is 5.57. The minimum absolute atomic E-state index is 0.135. The number of nitrogens with one attached hydrogen (secondary N) is 1. The maximum absolute atomic E-state index is 12.8. The molecule has 2 aromatic carbocycles. The second-order valence-electron chi connectivity index (χ2n) is 8.99. The van der Waals surface area contributed by atoms with Gasteiger partial charge < -0.3 is 15.1 Å². The minimum atomic E-state index is -0.135. The standard InChI is InChI=1S/C28H35N5O/c1-5-31-16-18-32(19-17-31)27-9-7-6-8-26(27)29-28(34)15-14-25-22(3)30-33(23(25)4)20-24-12-10-21(2)11-13-24/h6-15H,5,16-20H2,1-4H3,(H,29,34)/b15-14+. The van der Waals surface area contributed by atoms with Crippen molar-refractivity contribution in [1.82, 2.24) is 14.7 Å². The van der Waals surface area contributed by atoms with E-state index >= 15 is 0 Å². The van der Waals surface area contributed by atoms with Gasteiger partial charge in [0.05, 0.1) is 23.6 Å². The Bertz CT molecular complexity index is 1150. The number of anilines is 2. The number of carbonyl (C=O) groups excluding carboxylic acids is 1. The Morgan fingerprint density at radius 2 is 1.71 bits per heavy atom. The van der Waals surface area contributed by atoms with E-state index in [-0.39, 0.29) is 5.91 Å². The molecule has 2 heterocycles. The molecular weight excluding hydrogens is 422 g/mol. The Labute approximate surface area is 202 Å². The number of aromatic nitrogens is 2. The van der Waals surface area contributed by atoms with Gasteiger partial charge in [-0.1, -0.05) is 48.9 Å². The summed E-state index contributed by atoms with van der Waals surface area (Å²) in [6, 6.07) is 16.6. The van der Waals surface area contributed by atoms with Crippen molar-refractivity contribution in [3.8, 4) is 0 Å². The van der Waals surface area contributed by atoms with Crippen LogP contribution in [0.25, 0.3) is 6.08 Å². The number of amides is 1. The summed E-state index contributed by atoms with van der Waals surface area (Å²) in [6.07, 6.45) is 3.49. The normalized spacial score (nSPS) is 14.6. The third-order valence-electron chi connectivity index (χ3n) is 6.61. The molecular formula is C28H35N5O. The second kappa shape index (κ2) is 10.7. The number of likely N-dealkylation sites (N-methyl/N-ethyl adjacent to an activating group) is 1. The Morgan fingerprint density at radius 3 is 2.41 bits per heavy atom. The summed E-state index contributed by atoms with van der Waals surface area (Å²) >= 11 is 0. The molecule has 1 aliphatic rings. The van der Waals surface area contributed by atoms with Crippen molar-refractivity contribution in [2.24, 2.45) is 0 Å². The van der Waals surface area contributed by atoms with E-state index in [1.807, 2.05) is 35.9 Å². The topological polar surface area (TPSA) is 53.4 Å². The average Bonchev–Trinajstić information content (AvgIpc) is 3.11. The van der Waals surface area contributed by atoms with Crippen LogP contribution in [0.1, 0.15) is 35.0 Å². The summed E-state index contributed by atoms with van der Waals surface area (Å²) in [5.41, 5.74) is 7.35. The van der Waals surface area contributed by atoms with E-state index in [9.17, 15) is 4.79 Å². The SMILES string of the molecule is CCN1CCN(c2ccccc2NC(=O)/C=C/c2c(C)nn(Cc3ccc(C)cc3)c2C)CC1. The van der Waals surface area contributed by atoms with Crippen molar-refractivity contribution >= 4 is 23.4 Å². The molecule has 0 spiro atoms. The van der Waals surface area contributed by atoms with Crippen LogP contribution >= 0.6 is 0 Å². The van der Waals surface area contributed by atoms with Gasteiger partial charge in [-0.25, -0.2) is 0 Å². The maximum Gasteiger partial charge on any atom is 0.248 e. The summed E-state index contributed by atoms with van der Waals surface area (Å²) in [7, 11) is 0. The van der Waals surface area contributed by atoms with Gasteiger partial charge in [-0.3, -0.25) is 9.48 Å². The van der Waals surface area contributed by atoms with Crippen molar-refractivity contribution in [2.45, 2.75) is 34.2 Å². The molecule has 3 aromatic rings. The predicted octanol–water partition coefficient (Wildman–Crippen LogP) is 4.65. The second-order valence-corrected chi connectivity index (χ2v) is 8.99. The molecule has 4 rings (SSSR count). The zero-order valence-corrected chi connectivity index (χ0v) is 20.7. The van der Waals surface area contributed by atoms with E-state index in [1.54, 1.807) is 6.08 Å². The highest BCUT2D eigenvalue weighted by molar-refractivity contribution is 6.04. The number of nitrogens with zero attached hydrogens (tertiary/aromatic N) is 4. The molecule has 6 nitrogen and oxygen atoms in total. The van der Waals surface area contributed by atoms with Crippen LogP contribution in [-0.2, 0) is 11.3 Å². The predicted molar refractivity (Wildman–Crippen MR) is 140 cm³/mol. The van der Waals surface area contributed by atoms with Crippen LogP contribution in [-0.4, -0.2) is 53.3 Å². The van der Waals surface area contributed by atoms with Crippen molar-refractivity contribution in [3.63, 3.8) is 0 Å². The van der Waals surface area contributed by atoms with Gasteiger partial charge in [0.25, 0.3) is 0 Å². The van der Waals surface area contributed by atoms with Crippen LogP contribution < -0.4 is 10.2 Å². The molecule has 1 amide bonds. The molecule has 0 radical (unpaired) electrons. The lowest BCUT2D eigenvalue weighted by atomic mass is 10.1. The molecule has 1 fully saturated rings. The van der Waals surface area contributed by atoms with Gasteiger partial charge in [0.15, 0.2) is 0 Å². The van der Waals surface area contributed by atoms with Crippen LogP contribution in [0.3, 0.4) is 0 Å². The highest BCUT2D eigenvalue weighted by Gasteiger charge is 2.18. The van der Waals surface area contributed by atoms with Gasteiger partial charge in [0.1, 0.15) is 0 Å². The number of carbonyl (C=O) groups is 1. The lowest BCUT2D eigenvalue weighted by molar-refractivity contribution is -0.111. The number of aryl methyl sites for hydroxylation is 2. The first kappa shape index (κ1) is 23.8. The number of piperazine rings is 1. The molecule has 0 bridgehead atoms. The summed E-state index contributed by atoms with van der Waals surface area (Å²) in [4.78, 5) is 17.6. The van der Waals surface area contributed by atoms with Gasteiger partial charge in [-0.15, -0.1) is 0 Å². The first-order valence-corrected chi connectivity index (χ1v) is 12.1. The van der Waals surface area contributed by atoms with E-state index in [1.165, 1.54) is 11.1 Å². The maximum atomic E-state index is 12.8. The van der Waals surface area contributed by atoms with E-state index < -0.39 is 0 Å². The van der Waals surface area contributed by atoms with Gasteiger partial charge in [-0.2, -0.15) is 5.10 Å². The van der Waals surface area contributed by atoms with Crippen LogP contribution in [0, 0.1) is 20.8 Å². The Kier molecular flexibility index (Phi) is 7.48. The molecule has 34 heavy (non-hydrogen) atoms. The third-order valence-corrected chi connectivity index (χ3v) is 6.61. The van der Waals surface area contributed by atoms with E-state index in [4.69, 9.17) is 5.10 Å². The Balaban J connectivity index is 1.44. The smallest absolute Gasteiger partial charge is 0.248 e. The Morgan fingerprint density at radius 1 is 1.00 bits per heavy atom. The van der Waals surface area contributed by atoms with Crippen LogP contribution in [0.5, 0.6) is 0 Å². The summed E-state index contributed by atoms with van der Waals surface area (Å²) in [6.45, 7) is 14.1. The quantitative estimate of drug-likeness (QED) is 0.525.